The molecule has 0 aromatic carbocycles. The van der Waals surface area contributed by atoms with Crippen LogP contribution in [0.4, 0.5) is 16.3 Å². The van der Waals surface area contributed by atoms with Crippen LogP contribution in [0.5, 0.6) is 0 Å². The number of amides is 2. The van der Waals surface area contributed by atoms with E-state index in [1.807, 2.05) is 45.0 Å². The molecule has 2 aromatic rings. The van der Waals surface area contributed by atoms with Crippen molar-refractivity contribution < 1.29 is 9.32 Å². The number of nitrogens with one attached hydrogen (secondary N) is 1. The van der Waals surface area contributed by atoms with Gasteiger partial charge in [0.05, 0.1) is 24.1 Å². The largest absolute Gasteiger partial charge is 0.363 e. The molecular weight excluding hydrogens is 282 g/mol. The Bertz CT molecular complexity index is 629. The highest BCUT2D eigenvalue weighted by Gasteiger charge is 2.15. The lowest BCUT2D eigenvalue weighted by molar-refractivity contribution is 0.220. The molecule has 2 heterocycles. The van der Waals surface area contributed by atoms with Gasteiger partial charge in [0, 0.05) is 26.7 Å². The topological polar surface area (TPSA) is 74.5 Å². The van der Waals surface area contributed by atoms with Crippen LogP contribution in [0.3, 0.4) is 0 Å². The second-order valence-corrected chi connectivity index (χ2v) is 5.39. The van der Waals surface area contributed by atoms with Crippen LogP contribution in [0.25, 0.3) is 0 Å². The minimum Gasteiger partial charge on any atom is -0.363 e. The molecule has 118 valence electrons. The fourth-order valence-electron chi connectivity index (χ4n) is 1.98. The zero-order valence-corrected chi connectivity index (χ0v) is 13.5. The van der Waals surface area contributed by atoms with E-state index >= 15 is 0 Å². The highest BCUT2D eigenvalue weighted by atomic mass is 16.5. The van der Waals surface area contributed by atoms with Gasteiger partial charge in [0.2, 0.25) is 0 Å². The van der Waals surface area contributed by atoms with Gasteiger partial charge in [-0.15, -0.1) is 0 Å². The second kappa shape index (κ2) is 6.46. The number of rotatable bonds is 4. The van der Waals surface area contributed by atoms with E-state index in [1.54, 1.807) is 18.1 Å². The first-order valence-corrected chi connectivity index (χ1v) is 6.95. The van der Waals surface area contributed by atoms with Crippen molar-refractivity contribution in [1.82, 2.24) is 15.0 Å². The van der Waals surface area contributed by atoms with Crippen molar-refractivity contribution in [3.05, 3.63) is 35.3 Å². The molecule has 0 bridgehead atoms. The Morgan fingerprint density at radius 2 is 2.00 bits per heavy atom. The third-order valence-corrected chi connectivity index (χ3v) is 3.38. The molecule has 0 aliphatic carbocycles. The lowest BCUT2D eigenvalue weighted by Crippen LogP contribution is -2.31. The number of nitrogens with zero attached hydrogens (tertiary/aromatic N) is 4. The van der Waals surface area contributed by atoms with E-state index in [-0.39, 0.29) is 6.03 Å². The van der Waals surface area contributed by atoms with Crippen LogP contribution in [0.2, 0.25) is 0 Å². The predicted molar refractivity (Wildman–Crippen MR) is 85.0 cm³/mol. The van der Waals surface area contributed by atoms with Gasteiger partial charge in [-0.05, 0) is 26.0 Å². The average Bonchev–Trinajstić information content (AvgIpc) is 2.79. The Kier molecular flexibility index (Phi) is 4.65. The van der Waals surface area contributed by atoms with Gasteiger partial charge in [-0.25, -0.2) is 9.78 Å². The van der Waals surface area contributed by atoms with Gasteiger partial charge in [-0.2, -0.15) is 0 Å². The zero-order valence-electron chi connectivity index (χ0n) is 13.5. The normalized spacial score (nSPS) is 10.4. The number of hydrogen-bond acceptors (Lipinski definition) is 5. The SMILES string of the molecule is Cc1noc(C)c1CN(C)C(=O)Nc1ccc(N(C)C)nc1. The number of urea groups is 1. The molecule has 0 radical (unpaired) electrons. The molecule has 0 saturated heterocycles. The minimum absolute atomic E-state index is 0.209. The van der Waals surface area contributed by atoms with Crippen molar-refractivity contribution >= 4 is 17.5 Å². The van der Waals surface area contributed by atoms with Crippen molar-refractivity contribution in [1.29, 1.82) is 0 Å². The van der Waals surface area contributed by atoms with E-state index in [1.165, 1.54) is 0 Å². The van der Waals surface area contributed by atoms with E-state index in [4.69, 9.17) is 4.52 Å². The van der Waals surface area contributed by atoms with E-state index in [0.29, 0.717) is 12.2 Å². The molecule has 2 aromatic heterocycles. The first-order chi connectivity index (χ1) is 10.4. The molecule has 0 unspecified atom stereocenters. The van der Waals surface area contributed by atoms with Gasteiger partial charge in [0.15, 0.2) is 0 Å². The number of hydrogen-bond donors (Lipinski definition) is 1. The van der Waals surface area contributed by atoms with Crippen LogP contribution in [-0.2, 0) is 6.54 Å². The molecule has 1 N–H and O–H groups in total. The Morgan fingerprint density at radius 1 is 1.27 bits per heavy atom. The van der Waals surface area contributed by atoms with Gasteiger partial charge in [-0.1, -0.05) is 5.16 Å². The summed E-state index contributed by atoms with van der Waals surface area (Å²) < 4.78 is 5.11. The predicted octanol–water partition coefficient (Wildman–Crippen LogP) is 2.42. The van der Waals surface area contributed by atoms with Crippen molar-refractivity contribution in [3.63, 3.8) is 0 Å². The summed E-state index contributed by atoms with van der Waals surface area (Å²) in [5.74, 6) is 1.57. The number of pyridine rings is 1. The van der Waals surface area contributed by atoms with Gasteiger partial charge in [-0.3, -0.25) is 0 Å². The lowest BCUT2D eigenvalue weighted by atomic mass is 10.2. The quantitative estimate of drug-likeness (QED) is 0.939. The highest BCUT2D eigenvalue weighted by molar-refractivity contribution is 5.89. The fraction of sp³-hybridized carbons (Fsp3) is 0.400. The van der Waals surface area contributed by atoms with Gasteiger partial charge < -0.3 is 19.6 Å². The second-order valence-electron chi connectivity index (χ2n) is 5.39. The molecule has 0 aliphatic rings. The van der Waals surface area contributed by atoms with Crippen LogP contribution in [0.15, 0.2) is 22.9 Å². The van der Waals surface area contributed by atoms with Gasteiger partial charge in [0.25, 0.3) is 0 Å². The molecule has 7 nitrogen and oxygen atoms in total. The van der Waals surface area contributed by atoms with E-state index in [0.717, 1.165) is 22.8 Å². The monoisotopic (exact) mass is 303 g/mol. The van der Waals surface area contributed by atoms with Crippen LogP contribution >= 0.6 is 0 Å². The van der Waals surface area contributed by atoms with E-state index in [2.05, 4.69) is 15.5 Å². The molecule has 0 aliphatic heterocycles. The first-order valence-electron chi connectivity index (χ1n) is 6.95. The molecule has 0 fully saturated rings. The smallest absolute Gasteiger partial charge is 0.321 e. The van der Waals surface area contributed by atoms with Crippen molar-refractivity contribution in [3.8, 4) is 0 Å². The van der Waals surface area contributed by atoms with Crippen molar-refractivity contribution in [2.24, 2.45) is 0 Å². The molecule has 2 amide bonds. The number of carbonyl (C=O) groups is 1. The molecule has 22 heavy (non-hydrogen) atoms. The molecule has 0 saturated carbocycles. The zero-order chi connectivity index (χ0) is 16.3. The first kappa shape index (κ1) is 15.8. The number of carbonyl (C=O) groups excluding carboxylic acids is 1. The molecule has 0 atom stereocenters. The Balaban J connectivity index is 1.99. The highest BCUT2D eigenvalue weighted by Crippen LogP contribution is 2.16. The minimum atomic E-state index is -0.209. The summed E-state index contributed by atoms with van der Waals surface area (Å²) >= 11 is 0. The maximum absolute atomic E-state index is 12.2. The Hall–Kier alpha value is -2.57. The maximum atomic E-state index is 12.2. The summed E-state index contributed by atoms with van der Waals surface area (Å²) in [6, 6.07) is 3.47. The molecule has 0 spiro atoms. The van der Waals surface area contributed by atoms with Crippen LogP contribution in [0.1, 0.15) is 17.0 Å². The standard InChI is InChI=1S/C15H21N5O2/c1-10-13(11(2)22-18-10)9-20(5)15(21)17-12-6-7-14(16-8-12)19(3)4/h6-8H,9H2,1-5H3,(H,17,21). The fourth-order valence-corrected chi connectivity index (χ4v) is 1.98. The molecule has 2 rings (SSSR count). The van der Waals surface area contributed by atoms with E-state index in [9.17, 15) is 4.79 Å². The van der Waals surface area contributed by atoms with Crippen LogP contribution in [0, 0.1) is 13.8 Å². The number of aromatic nitrogens is 2. The third-order valence-electron chi connectivity index (χ3n) is 3.38. The average molecular weight is 303 g/mol. The third kappa shape index (κ3) is 3.55. The van der Waals surface area contributed by atoms with Crippen LogP contribution < -0.4 is 10.2 Å². The summed E-state index contributed by atoms with van der Waals surface area (Å²) in [6.45, 7) is 4.14. The number of anilines is 2. The summed E-state index contributed by atoms with van der Waals surface area (Å²) in [7, 11) is 5.55. The van der Waals surface area contributed by atoms with Gasteiger partial charge in [0.1, 0.15) is 11.6 Å². The van der Waals surface area contributed by atoms with Crippen molar-refractivity contribution in [2.45, 2.75) is 20.4 Å². The Morgan fingerprint density at radius 3 is 2.50 bits per heavy atom. The maximum Gasteiger partial charge on any atom is 0.321 e. The summed E-state index contributed by atoms with van der Waals surface area (Å²) in [6.07, 6.45) is 1.64. The summed E-state index contributed by atoms with van der Waals surface area (Å²) in [5.41, 5.74) is 2.38. The van der Waals surface area contributed by atoms with Crippen LogP contribution in [-0.4, -0.2) is 42.2 Å². The Labute approximate surface area is 129 Å². The summed E-state index contributed by atoms with van der Waals surface area (Å²) in [5, 5.41) is 6.70. The lowest BCUT2D eigenvalue weighted by Gasteiger charge is -2.18. The number of aryl methyl sites for hydroxylation is 2. The summed E-state index contributed by atoms with van der Waals surface area (Å²) in [4.78, 5) is 19.9. The van der Waals surface area contributed by atoms with E-state index < -0.39 is 0 Å². The van der Waals surface area contributed by atoms with Gasteiger partial charge >= 0.3 is 6.03 Å². The molecular formula is C15H21N5O2. The van der Waals surface area contributed by atoms with Crippen molar-refractivity contribution in [2.75, 3.05) is 31.4 Å². The molecule has 7 heteroatoms.